The standard InChI is InChI=1S/C11H16N5O7P/c1-21-24(19,20)23-6-2-5(3-17)22-10(6)16-4-13-7-8(16)14-11(12)15-9(7)18/h4-6,10,17H,2-3H2,1H3,(H,19,20)(H3,12,14,15,18)/t5-,6-,10+/m0/s1. The van der Waals surface area contributed by atoms with Gasteiger partial charge in [0, 0.05) is 13.5 Å². The molecule has 2 aromatic rings. The maximum absolute atomic E-state index is 11.8. The van der Waals surface area contributed by atoms with Crippen LogP contribution < -0.4 is 11.3 Å². The first-order valence-electron chi connectivity index (χ1n) is 6.90. The van der Waals surface area contributed by atoms with Gasteiger partial charge in [-0.2, -0.15) is 4.98 Å². The highest BCUT2D eigenvalue weighted by molar-refractivity contribution is 7.47. The van der Waals surface area contributed by atoms with E-state index in [1.807, 2.05) is 0 Å². The van der Waals surface area contributed by atoms with E-state index in [1.165, 1.54) is 10.9 Å². The summed E-state index contributed by atoms with van der Waals surface area (Å²) < 4.78 is 28.2. The fourth-order valence-electron chi connectivity index (χ4n) is 2.52. The SMILES string of the molecule is COP(=O)(O)O[C@H]1C[C@@H](CO)O[C@H]1n1cnc2c(=O)[nH]c(N)nc21. The Balaban J connectivity index is 2.02. The number of aliphatic hydroxyl groups excluding tert-OH is 1. The van der Waals surface area contributed by atoms with E-state index in [0.717, 1.165) is 7.11 Å². The van der Waals surface area contributed by atoms with Crippen molar-refractivity contribution in [2.45, 2.75) is 24.9 Å². The lowest BCUT2D eigenvalue weighted by Gasteiger charge is -2.21. The van der Waals surface area contributed by atoms with Gasteiger partial charge >= 0.3 is 7.82 Å². The number of hydrogen-bond donors (Lipinski definition) is 4. The molecular weight excluding hydrogens is 345 g/mol. The molecule has 3 heterocycles. The summed E-state index contributed by atoms with van der Waals surface area (Å²) in [4.78, 5) is 31.6. The van der Waals surface area contributed by atoms with Crippen molar-refractivity contribution in [1.82, 2.24) is 19.5 Å². The van der Waals surface area contributed by atoms with Crippen LogP contribution in [0.2, 0.25) is 0 Å². The number of fused-ring (bicyclic) bond motifs is 1. The lowest BCUT2D eigenvalue weighted by atomic mass is 10.2. The molecule has 5 N–H and O–H groups in total. The number of nitrogens with two attached hydrogens (primary N) is 1. The maximum Gasteiger partial charge on any atom is 0.472 e. The largest absolute Gasteiger partial charge is 0.472 e. The molecule has 1 fully saturated rings. The van der Waals surface area contributed by atoms with Crippen molar-refractivity contribution in [2.24, 2.45) is 0 Å². The summed E-state index contributed by atoms with van der Waals surface area (Å²) in [6.45, 7) is -0.318. The zero-order valence-electron chi connectivity index (χ0n) is 12.5. The molecule has 0 aromatic carbocycles. The predicted octanol–water partition coefficient (Wildman–Crippen LogP) is -0.886. The fraction of sp³-hybridized carbons (Fsp3) is 0.545. The van der Waals surface area contributed by atoms with Gasteiger partial charge in [-0.3, -0.25) is 23.4 Å². The van der Waals surface area contributed by atoms with Crippen LogP contribution in [0.25, 0.3) is 11.2 Å². The highest BCUT2D eigenvalue weighted by Gasteiger charge is 2.42. The number of phosphoric ester groups is 1. The van der Waals surface area contributed by atoms with Crippen molar-refractivity contribution in [3.05, 3.63) is 16.7 Å². The molecule has 4 atom stereocenters. The minimum Gasteiger partial charge on any atom is -0.394 e. The number of nitrogens with zero attached hydrogens (tertiary/aromatic N) is 3. The van der Waals surface area contributed by atoms with E-state index < -0.39 is 31.8 Å². The Bertz CT molecular complexity index is 851. The van der Waals surface area contributed by atoms with Crippen LogP contribution in [0, 0.1) is 0 Å². The van der Waals surface area contributed by atoms with Crippen molar-refractivity contribution in [1.29, 1.82) is 0 Å². The topological polar surface area (TPSA) is 175 Å². The predicted molar refractivity (Wildman–Crippen MR) is 79.9 cm³/mol. The molecule has 1 unspecified atom stereocenters. The second-order valence-corrected chi connectivity index (χ2v) is 6.65. The van der Waals surface area contributed by atoms with Gasteiger partial charge in [-0.25, -0.2) is 9.55 Å². The van der Waals surface area contributed by atoms with Crippen LogP contribution in [0.3, 0.4) is 0 Å². The van der Waals surface area contributed by atoms with Gasteiger partial charge in [-0.05, 0) is 0 Å². The Morgan fingerprint density at radius 3 is 3.04 bits per heavy atom. The summed E-state index contributed by atoms with van der Waals surface area (Å²) in [6.07, 6.45) is -1.10. The molecule has 2 aromatic heterocycles. The number of aliphatic hydroxyl groups is 1. The van der Waals surface area contributed by atoms with Gasteiger partial charge in [0.25, 0.3) is 5.56 Å². The van der Waals surface area contributed by atoms with Crippen LogP contribution >= 0.6 is 7.82 Å². The molecular formula is C11H16N5O7P. The average Bonchev–Trinajstić information content (AvgIpc) is 3.10. The van der Waals surface area contributed by atoms with Gasteiger partial charge in [-0.15, -0.1) is 0 Å². The monoisotopic (exact) mass is 361 g/mol. The van der Waals surface area contributed by atoms with Gasteiger partial charge in [-0.1, -0.05) is 0 Å². The zero-order valence-corrected chi connectivity index (χ0v) is 13.4. The molecule has 0 spiro atoms. The molecule has 0 saturated carbocycles. The summed E-state index contributed by atoms with van der Waals surface area (Å²) in [5.74, 6) is -0.117. The molecule has 0 bridgehead atoms. The molecule has 1 aliphatic heterocycles. The molecule has 0 aliphatic carbocycles. The number of H-pyrrole nitrogens is 1. The Hall–Kier alpha value is -1.82. The highest BCUT2D eigenvalue weighted by atomic mass is 31.2. The number of aromatic nitrogens is 4. The Morgan fingerprint density at radius 2 is 2.38 bits per heavy atom. The van der Waals surface area contributed by atoms with E-state index in [1.54, 1.807) is 0 Å². The summed E-state index contributed by atoms with van der Waals surface area (Å²) in [5.41, 5.74) is 5.16. The molecule has 132 valence electrons. The minimum atomic E-state index is -4.29. The number of aromatic amines is 1. The Morgan fingerprint density at radius 1 is 1.62 bits per heavy atom. The first-order valence-corrected chi connectivity index (χ1v) is 8.39. The minimum absolute atomic E-state index is 0.0259. The molecule has 1 saturated heterocycles. The van der Waals surface area contributed by atoms with Crippen LogP contribution in [-0.4, -0.2) is 55.4 Å². The molecule has 0 radical (unpaired) electrons. The van der Waals surface area contributed by atoms with Crippen LogP contribution in [0.15, 0.2) is 11.1 Å². The lowest BCUT2D eigenvalue weighted by molar-refractivity contribution is -0.0484. The highest BCUT2D eigenvalue weighted by Crippen LogP contribution is 2.48. The second kappa shape index (κ2) is 6.24. The molecule has 13 heteroatoms. The van der Waals surface area contributed by atoms with Gasteiger partial charge in [0.05, 0.1) is 19.0 Å². The maximum atomic E-state index is 11.8. The third kappa shape index (κ3) is 3.07. The summed E-state index contributed by atoms with van der Waals surface area (Å²) >= 11 is 0. The number of nitrogens with one attached hydrogen (secondary N) is 1. The van der Waals surface area contributed by atoms with Crippen LogP contribution in [-0.2, 0) is 18.3 Å². The van der Waals surface area contributed by atoms with Gasteiger partial charge in [0.2, 0.25) is 5.95 Å². The Labute approximate surface area is 134 Å². The van der Waals surface area contributed by atoms with Crippen molar-refractivity contribution >= 4 is 24.9 Å². The van der Waals surface area contributed by atoms with Gasteiger partial charge in [0.15, 0.2) is 17.4 Å². The molecule has 1 aliphatic rings. The van der Waals surface area contributed by atoms with E-state index in [4.69, 9.17) is 15.0 Å². The fourth-order valence-corrected chi connectivity index (χ4v) is 3.14. The first-order chi connectivity index (χ1) is 11.3. The van der Waals surface area contributed by atoms with Crippen LogP contribution in [0.1, 0.15) is 12.6 Å². The third-order valence-electron chi connectivity index (χ3n) is 3.57. The summed E-state index contributed by atoms with van der Waals surface area (Å²) in [5, 5.41) is 9.30. The third-order valence-corrected chi connectivity index (χ3v) is 4.57. The zero-order chi connectivity index (χ0) is 17.5. The van der Waals surface area contributed by atoms with E-state index >= 15 is 0 Å². The summed E-state index contributed by atoms with van der Waals surface area (Å²) in [7, 11) is -3.26. The average molecular weight is 361 g/mol. The van der Waals surface area contributed by atoms with E-state index in [0.29, 0.717) is 0 Å². The van der Waals surface area contributed by atoms with Gasteiger partial charge < -0.3 is 20.5 Å². The lowest BCUT2D eigenvalue weighted by Crippen LogP contribution is -2.23. The van der Waals surface area contributed by atoms with Crippen molar-refractivity contribution < 1.29 is 28.3 Å². The van der Waals surface area contributed by atoms with E-state index in [2.05, 4.69) is 19.5 Å². The second-order valence-electron chi connectivity index (χ2n) is 5.14. The van der Waals surface area contributed by atoms with Crippen molar-refractivity contribution in [3.63, 3.8) is 0 Å². The molecule has 3 rings (SSSR count). The number of ether oxygens (including phenoxy) is 1. The number of nitrogen functional groups attached to an aromatic ring is 1. The van der Waals surface area contributed by atoms with Gasteiger partial charge in [0.1, 0.15) is 6.10 Å². The number of anilines is 1. The van der Waals surface area contributed by atoms with E-state index in [9.17, 15) is 19.4 Å². The summed E-state index contributed by atoms with van der Waals surface area (Å²) in [6, 6.07) is 0. The number of hydrogen-bond acceptors (Lipinski definition) is 9. The molecule has 0 amide bonds. The normalized spacial score (nSPS) is 26.7. The number of imidazole rings is 1. The smallest absolute Gasteiger partial charge is 0.394 e. The Kier molecular flexibility index (Phi) is 4.42. The quantitative estimate of drug-likeness (QED) is 0.489. The first kappa shape index (κ1) is 17.0. The van der Waals surface area contributed by atoms with Crippen LogP contribution in [0.4, 0.5) is 5.95 Å². The van der Waals surface area contributed by atoms with Crippen LogP contribution in [0.5, 0.6) is 0 Å². The number of phosphoric acid groups is 1. The van der Waals surface area contributed by atoms with Crippen molar-refractivity contribution in [3.8, 4) is 0 Å². The van der Waals surface area contributed by atoms with Crippen molar-refractivity contribution in [2.75, 3.05) is 19.5 Å². The number of rotatable bonds is 5. The molecule has 12 nitrogen and oxygen atoms in total. The molecule has 24 heavy (non-hydrogen) atoms. The van der Waals surface area contributed by atoms with E-state index in [-0.39, 0.29) is 30.1 Å².